The summed E-state index contributed by atoms with van der Waals surface area (Å²) in [7, 11) is 1.74. The van der Waals surface area contributed by atoms with Crippen LogP contribution in [0.25, 0.3) is 0 Å². The van der Waals surface area contributed by atoms with Crippen molar-refractivity contribution in [3.63, 3.8) is 0 Å². The van der Waals surface area contributed by atoms with E-state index >= 15 is 0 Å². The van der Waals surface area contributed by atoms with Gasteiger partial charge in [0.2, 0.25) is 0 Å². The molecule has 0 bridgehead atoms. The Morgan fingerprint density at radius 3 is 2.90 bits per heavy atom. The molecule has 1 aromatic carbocycles. The molecule has 3 nitrogen and oxygen atoms in total. The van der Waals surface area contributed by atoms with Gasteiger partial charge in [-0.1, -0.05) is 12.8 Å². The molecule has 1 aliphatic heterocycles. The molecule has 112 valence electrons. The highest BCUT2D eigenvalue weighted by molar-refractivity contribution is 7.99. The molecule has 0 atom stereocenters. The van der Waals surface area contributed by atoms with E-state index in [1.54, 1.807) is 7.11 Å². The van der Waals surface area contributed by atoms with E-state index in [1.165, 1.54) is 48.6 Å². The van der Waals surface area contributed by atoms with Gasteiger partial charge in [-0.15, -0.1) is 11.8 Å². The van der Waals surface area contributed by atoms with E-state index in [0.29, 0.717) is 0 Å². The van der Waals surface area contributed by atoms with Crippen molar-refractivity contribution in [3.8, 4) is 5.75 Å². The summed E-state index contributed by atoms with van der Waals surface area (Å²) in [5, 5.41) is 0. The van der Waals surface area contributed by atoms with Crippen LogP contribution >= 0.6 is 11.8 Å². The first-order chi connectivity index (χ1) is 9.83. The van der Waals surface area contributed by atoms with Crippen LogP contribution < -0.4 is 10.5 Å². The van der Waals surface area contributed by atoms with E-state index < -0.39 is 0 Å². The number of hydrogen-bond acceptors (Lipinski definition) is 4. The van der Waals surface area contributed by atoms with E-state index in [9.17, 15) is 0 Å². The van der Waals surface area contributed by atoms with Gasteiger partial charge in [-0.3, -0.25) is 4.90 Å². The molecule has 0 fully saturated rings. The molecule has 1 heterocycles. The maximum Gasteiger partial charge on any atom is 0.119 e. The third-order valence-corrected chi connectivity index (χ3v) is 4.85. The summed E-state index contributed by atoms with van der Waals surface area (Å²) < 4.78 is 5.34. The third kappa shape index (κ3) is 4.69. The van der Waals surface area contributed by atoms with Gasteiger partial charge in [-0.05, 0) is 49.7 Å². The quantitative estimate of drug-likeness (QED) is 0.784. The average molecular weight is 294 g/mol. The van der Waals surface area contributed by atoms with Gasteiger partial charge in [0.25, 0.3) is 0 Å². The maximum absolute atomic E-state index is 5.53. The van der Waals surface area contributed by atoms with Crippen molar-refractivity contribution in [3.05, 3.63) is 23.8 Å². The molecular formula is C16H26N2OS. The molecule has 0 saturated heterocycles. The zero-order valence-electron chi connectivity index (χ0n) is 12.4. The molecule has 0 unspecified atom stereocenters. The van der Waals surface area contributed by atoms with Gasteiger partial charge < -0.3 is 10.5 Å². The van der Waals surface area contributed by atoms with Crippen LogP contribution in [0.15, 0.2) is 23.1 Å². The van der Waals surface area contributed by atoms with Crippen LogP contribution in [0.4, 0.5) is 0 Å². The van der Waals surface area contributed by atoms with Gasteiger partial charge in [-0.2, -0.15) is 0 Å². The van der Waals surface area contributed by atoms with Crippen molar-refractivity contribution in [1.82, 2.24) is 4.90 Å². The minimum absolute atomic E-state index is 0.827. The molecule has 1 aliphatic rings. The Balaban J connectivity index is 1.86. The minimum atomic E-state index is 0.827. The Hall–Kier alpha value is -0.710. The summed E-state index contributed by atoms with van der Waals surface area (Å²) >= 11 is 1.97. The maximum atomic E-state index is 5.53. The van der Waals surface area contributed by atoms with Gasteiger partial charge in [0, 0.05) is 23.7 Å². The number of ether oxygens (including phenoxy) is 1. The molecule has 4 heteroatoms. The fourth-order valence-electron chi connectivity index (χ4n) is 2.58. The second kappa shape index (κ2) is 8.55. The second-order valence-electron chi connectivity index (χ2n) is 5.30. The summed E-state index contributed by atoms with van der Waals surface area (Å²) in [5.41, 5.74) is 6.94. The zero-order chi connectivity index (χ0) is 14.2. The predicted octanol–water partition coefficient (Wildman–Crippen LogP) is 3.12. The van der Waals surface area contributed by atoms with Crippen LogP contribution in [0.5, 0.6) is 5.75 Å². The van der Waals surface area contributed by atoms with Crippen molar-refractivity contribution >= 4 is 11.8 Å². The fraction of sp³-hybridized carbons (Fsp3) is 0.625. The van der Waals surface area contributed by atoms with Crippen molar-refractivity contribution < 1.29 is 4.74 Å². The molecule has 0 aromatic heterocycles. The van der Waals surface area contributed by atoms with Crippen LogP contribution in [0.1, 0.15) is 31.2 Å². The summed E-state index contributed by atoms with van der Waals surface area (Å²) in [6, 6.07) is 6.45. The molecule has 1 aromatic rings. The Morgan fingerprint density at radius 2 is 2.10 bits per heavy atom. The summed E-state index contributed by atoms with van der Waals surface area (Å²) in [5.74, 6) is 2.15. The number of nitrogens with two attached hydrogens (primary N) is 1. The monoisotopic (exact) mass is 294 g/mol. The molecule has 2 rings (SSSR count). The van der Waals surface area contributed by atoms with Crippen molar-refractivity contribution in [2.24, 2.45) is 5.73 Å². The minimum Gasteiger partial charge on any atom is -0.497 e. The summed E-state index contributed by atoms with van der Waals surface area (Å²) in [6.45, 7) is 4.25. The van der Waals surface area contributed by atoms with E-state index in [-0.39, 0.29) is 0 Å². The Kier molecular flexibility index (Phi) is 6.70. The van der Waals surface area contributed by atoms with Gasteiger partial charge in [-0.25, -0.2) is 0 Å². The summed E-state index contributed by atoms with van der Waals surface area (Å²) in [6.07, 6.45) is 5.01. The molecule has 2 N–H and O–H groups in total. The predicted molar refractivity (Wildman–Crippen MR) is 86.5 cm³/mol. The number of hydrogen-bond donors (Lipinski definition) is 1. The van der Waals surface area contributed by atoms with Crippen LogP contribution in [0.2, 0.25) is 0 Å². The Bertz CT molecular complexity index is 411. The number of rotatable bonds is 7. The third-order valence-electron chi connectivity index (χ3n) is 3.76. The van der Waals surface area contributed by atoms with Gasteiger partial charge >= 0.3 is 0 Å². The number of thioether (sulfide) groups is 1. The smallest absolute Gasteiger partial charge is 0.119 e. The number of benzene rings is 1. The normalized spacial score (nSPS) is 15.7. The number of fused-ring (bicyclic) bond motifs is 1. The molecule has 0 aliphatic carbocycles. The van der Waals surface area contributed by atoms with E-state index in [0.717, 1.165) is 25.3 Å². The highest BCUT2D eigenvalue weighted by Gasteiger charge is 2.15. The zero-order valence-corrected chi connectivity index (χ0v) is 13.3. The molecule has 0 saturated carbocycles. The topological polar surface area (TPSA) is 38.5 Å². The first-order valence-corrected chi connectivity index (χ1v) is 8.54. The molecular weight excluding hydrogens is 268 g/mol. The van der Waals surface area contributed by atoms with E-state index in [4.69, 9.17) is 10.5 Å². The van der Waals surface area contributed by atoms with Crippen LogP contribution in [-0.4, -0.2) is 37.4 Å². The van der Waals surface area contributed by atoms with Gasteiger partial charge in [0.15, 0.2) is 0 Å². The Morgan fingerprint density at radius 1 is 1.25 bits per heavy atom. The van der Waals surface area contributed by atoms with Crippen LogP contribution in [0.3, 0.4) is 0 Å². The van der Waals surface area contributed by atoms with Crippen molar-refractivity contribution in [2.75, 3.05) is 32.5 Å². The SMILES string of the molecule is COc1ccc2c(c1)CN(CCCCCCN)CCS2. The lowest BCUT2D eigenvalue weighted by Gasteiger charge is -2.20. The molecule has 0 spiro atoms. The van der Waals surface area contributed by atoms with Gasteiger partial charge in [0.05, 0.1) is 7.11 Å². The average Bonchev–Trinajstić information content (AvgIpc) is 2.68. The first-order valence-electron chi connectivity index (χ1n) is 7.55. The lowest BCUT2D eigenvalue weighted by Crippen LogP contribution is -2.25. The Labute approximate surface area is 126 Å². The van der Waals surface area contributed by atoms with Crippen molar-refractivity contribution in [2.45, 2.75) is 37.1 Å². The number of methoxy groups -OCH3 is 1. The van der Waals surface area contributed by atoms with Crippen molar-refractivity contribution in [1.29, 1.82) is 0 Å². The van der Waals surface area contributed by atoms with E-state index in [1.807, 2.05) is 11.8 Å². The lowest BCUT2D eigenvalue weighted by atomic mass is 10.1. The van der Waals surface area contributed by atoms with Crippen LogP contribution in [-0.2, 0) is 6.54 Å². The largest absolute Gasteiger partial charge is 0.497 e. The van der Waals surface area contributed by atoms with Crippen LogP contribution in [0, 0.1) is 0 Å². The molecule has 20 heavy (non-hydrogen) atoms. The standard InChI is InChI=1S/C16H26N2OS/c1-19-15-6-7-16-14(12-15)13-18(10-11-20-16)9-5-3-2-4-8-17/h6-7,12H,2-5,8-11,13,17H2,1H3. The lowest BCUT2D eigenvalue weighted by molar-refractivity contribution is 0.275. The molecule has 0 amide bonds. The molecule has 0 radical (unpaired) electrons. The first kappa shape index (κ1) is 15.7. The highest BCUT2D eigenvalue weighted by atomic mass is 32.2. The second-order valence-corrected chi connectivity index (χ2v) is 6.44. The number of unbranched alkanes of at least 4 members (excludes halogenated alkanes) is 3. The highest BCUT2D eigenvalue weighted by Crippen LogP contribution is 2.30. The number of nitrogens with zero attached hydrogens (tertiary/aromatic N) is 1. The summed E-state index contributed by atoms with van der Waals surface area (Å²) in [4.78, 5) is 3.98. The fourth-order valence-corrected chi connectivity index (χ4v) is 3.62. The van der Waals surface area contributed by atoms with E-state index in [2.05, 4.69) is 23.1 Å². The van der Waals surface area contributed by atoms with Gasteiger partial charge in [0.1, 0.15) is 5.75 Å².